The van der Waals surface area contributed by atoms with Crippen molar-refractivity contribution in [2.45, 2.75) is 25.4 Å². The Morgan fingerprint density at radius 1 is 1.22 bits per heavy atom. The van der Waals surface area contributed by atoms with Crippen molar-refractivity contribution in [3.63, 3.8) is 0 Å². The highest BCUT2D eigenvalue weighted by Crippen LogP contribution is 2.21. The number of rotatable bonds is 3. The number of benzene rings is 1. The van der Waals surface area contributed by atoms with Crippen LogP contribution in [0.15, 0.2) is 24.3 Å². The van der Waals surface area contributed by atoms with Crippen LogP contribution in [0, 0.1) is 0 Å². The van der Waals surface area contributed by atoms with Crippen LogP contribution in [-0.4, -0.2) is 40.7 Å². The molecule has 1 amide bonds. The lowest BCUT2D eigenvalue weighted by Gasteiger charge is -2.28. The van der Waals surface area contributed by atoms with Crippen LogP contribution in [0.1, 0.15) is 41.3 Å². The van der Waals surface area contributed by atoms with Gasteiger partial charge in [-0.15, -0.1) is 0 Å². The van der Waals surface area contributed by atoms with Crippen LogP contribution in [-0.2, 0) is 0 Å². The number of aliphatic hydroxyl groups is 2. The number of piperidine rings is 1. The smallest absolute Gasteiger partial charge is 0.254 e. The number of aliphatic hydroxyl groups excluding tert-OH is 2. The van der Waals surface area contributed by atoms with Gasteiger partial charge in [-0.3, -0.25) is 4.79 Å². The van der Waals surface area contributed by atoms with Gasteiger partial charge in [0, 0.05) is 18.7 Å². The zero-order valence-electron chi connectivity index (χ0n) is 10.4. The predicted molar refractivity (Wildman–Crippen MR) is 68.2 cm³/mol. The Morgan fingerprint density at radius 3 is 2.56 bits per heavy atom. The lowest BCUT2D eigenvalue weighted by molar-refractivity contribution is 0.0701. The Labute approximate surface area is 107 Å². The minimum atomic E-state index is -0.991. The quantitative estimate of drug-likeness (QED) is 0.849. The van der Waals surface area contributed by atoms with Crippen molar-refractivity contribution in [2.24, 2.45) is 0 Å². The maximum Gasteiger partial charge on any atom is 0.254 e. The van der Waals surface area contributed by atoms with Gasteiger partial charge in [-0.2, -0.15) is 0 Å². The summed E-state index contributed by atoms with van der Waals surface area (Å²) in [5.41, 5.74) is 1.01. The molecule has 1 aliphatic heterocycles. The van der Waals surface area contributed by atoms with E-state index >= 15 is 0 Å². The second-order valence-corrected chi connectivity index (χ2v) is 4.64. The zero-order chi connectivity index (χ0) is 13.0. The summed E-state index contributed by atoms with van der Waals surface area (Å²) in [7, 11) is 0. The molecule has 0 radical (unpaired) electrons. The molecule has 0 spiro atoms. The molecule has 1 aromatic carbocycles. The van der Waals surface area contributed by atoms with Gasteiger partial charge in [0.25, 0.3) is 5.91 Å². The third-order valence-electron chi connectivity index (χ3n) is 3.37. The van der Waals surface area contributed by atoms with E-state index in [4.69, 9.17) is 5.11 Å². The monoisotopic (exact) mass is 249 g/mol. The van der Waals surface area contributed by atoms with E-state index < -0.39 is 6.10 Å². The zero-order valence-corrected chi connectivity index (χ0v) is 10.4. The van der Waals surface area contributed by atoms with Crippen LogP contribution in [0.25, 0.3) is 0 Å². The number of carbonyl (C=O) groups is 1. The molecule has 2 N–H and O–H groups in total. The molecule has 1 heterocycles. The van der Waals surface area contributed by atoms with Crippen LogP contribution in [0.4, 0.5) is 0 Å². The van der Waals surface area contributed by atoms with E-state index in [1.807, 2.05) is 4.90 Å². The van der Waals surface area contributed by atoms with Gasteiger partial charge in [0.05, 0.1) is 6.61 Å². The van der Waals surface area contributed by atoms with Crippen molar-refractivity contribution in [3.8, 4) is 0 Å². The van der Waals surface area contributed by atoms with Crippen molar-refractivity contribution in [3.05, 3.63) is 35.4 Å². The lowest BCUT2D eigenvalue weighted by Crippen LogP contribution is -2.36. The molecule has 1 aromatic rings. The fourth-order valence-corrected chi connectivity index (χ4v) is 2.35. The molecule has 1 unspecified atom stereocenters. The summed E-state index contributed by atoms with van der Waals surface area (Å²) in [6, 6.07) is 6.95. The molecule has 2 rings (SSSR count). The lowest BCUT2D eigenvalue weighted by atomic mass is 10.0. The standard InChI is InChI=1S/C14H19NO3/c16-10-13(17)11-6-2-3-7-12(11)14(18)15-8-4-1-5-9-15/h2-3,6-7,13,16-17H,1,4-5,8-10H2. The van der Waals surface area contributed by atoms with Crippen LogP contribution in [0.5, 0.6) is 0 Å². The van der Waals surface area contributed by atoms with Gasteiger partial charge >= 0.3 is 0 Å². The second kappa shape index (κ2) is 5.98. The Balaban J connectivity index is 2.23. The fraction of sp³-hybridized carbons (Fsp3) is 0.500. The summed E-state index contributed by atoms with van der Waals surface area (Å²) < 4.78 is 0. The molecular formula is C14H19NO3. The van der Waals surface area contributed by atoms with E-state index in [0.717, 1.165) is 25.9 Å². The number of likely N-dealkylation sites (tertiary alicyclic amines) is 1. The normalized spacial score (nSPS) is 17.6. The maximum absolute atomic E-state index is 12.4. The molecule has 18 heavy (non-hydrogen) atoms. The largest absolute Gasteiger partial charge is 0.393 e. The summed E-state index contributed by atoms with van der Waals surface area (Å²) in [4.78, 5) is 14.2. The average molecular weight is 249 g/mol. The average Bonchev–Trinajstić information content (AvgIpc) is 2.46. The van der Waals surface area contributed by atoms with Crippen LogP contribution >= 0.6 is 0 Å². The summed E-state index contributed by atoms with van der Waals surface area (Å²) in [6.07, 6.45) is 2.26. The molecule has 1 saturated heterocycles. The van der Waals surface area contributed by atoms with Gasteiger partial charge in [0.1, 0.15) is 6.10 Å². The van der Waals surface area contributed by atoms with Gasteiger partial charge < -0.3 is 15.1 Å². The van der Waals surface area contributed by atoms with E-state index in [9.17, 15) is 9.90 Å². The van der Waals surface area contributed by atoms with Crippen molar-refractivity contribution in [1.29, 1.82) is 0 Å². The Bertz CT molecular complexity index is 413. The third-order valence-corrected chi connectivity index (χ3v) is 3.37. The van der Waals surface area contributed by atoms with Crippen molar-refractivity contribution in [2.75, 3.05) is 19.7 Å². The van der Waals surface area contributed by atoms with Gasteiger partial charge in [-0.25, -0.2) is 0 Å². The van der Waals surface area contributed by atoms with E-state index in [1.54, 1.807) is 24.3 Å². The summed E-state index contributed by atoms with van der Waals surface area (Å²) in [5.74, 6) is -0.0437. The first-order chi connectivity index (χ1) is 8.74. The number of hydrogen-bond acceptors (Lipinski definition) is 3. The molecule has 1 atom stereocenters. The van der Waals surface area contributed by atoms with E-state index in [1.165, 1.54) is 6.42 Å². The first-order valence-electron chi connectivity index (χ1n) is 6.41. The molecule has 4 nitrogen and oxygen atoms in total. The summed E-state index contributed by atoms with van der Waals surface area (Å²) >= 11 is 0. The van der Waals surface area contributed by atoms with Crippen LogP contribution in [0.2, 0.25) is 0 Å². The number of nitrogens with zero attached hydrogens (tertiary/aromatic N) is 1. The van der Waals surface area contributed by atoms with Crippen molar-refractivity contribution >= 4 is 5.91 Å². The second-order valence-electron chi connectivity index (χ2n) is 4.64. The van der Waals surface area contributed by atoms with E-state index in [2.05, 4.69) is 0 Å². The highest BCUT2D eigenvalue weighted by Gasteiger charge is 2.22. The van der Waals surface area contributed by atoms with E-state index in [0.29, 0.717) is 11.1 Å². The van der Waals surface area contributed by atoms with Crippen LogP contribution < -0.4 is 0 Å². The maximum atomic E-state index is 12.4. The van der Waals surface area contributed by atoms with Crippen molar-refractivity contribution < 1.29 is 15.0 Å². The highest BCUT2D eigenvalue weighted by molar-refractivity contribution is 5.95. The summed E-state index contributed by atoms with van der Waals surface area (Å²) in [6.45, 7) is 1.19. The molecule has 0 aliphatic carbocycles. The number of carbonyl (C=O) groups excluding carboxylic acids is 1. The predicted octanol–water partition coefficient (Wildman–Crippen LogP) is 1.34. The molecule has 4 heteroatoms. The summed E-state index contributed by atoms with van der Waals surface area (Å²) in [5, 5.41) is 18.8. The first-order valence-corrected chi connectivity index (χ1v) is 6.41. The molecular weight excluding hydrogens is 230 g/mol. The van der Waals surface area contributed by atoms with Gasteiger partial charge in [0.15, 0.2) is 0 Å². The molecule has 98 valence electrons. The van der Waals surface area contributed by atoms with Gasteiger partial charge in [0.2, 0.25) is 0 Å². The molecule has 0 aromatic heterocycles. The molecule has 0 saturated carbocycles. The molecule has 1 aliphatic rings. The Kier molecular flexibility index (Phi) is 4.33. The number of amides is 1. The number of hydrogen-bond donors (Lipinski definition) is 2. The first kappa shape index (κ1) is 13.1. The highest BCUT2D eigenvalue weighted by atomic mass is 16.3. The Morgan fingerprint density at radius 2 is 1.89 bits per heavy atom. The molecule has 1 fully saturated rings. The minimum Gasteiger partial charge on any atom is -0.393 e. The minimum absolute atomic E-state index is 0.0437. The van der Waals surface area contributed by atoms with Crippen LogP contribution in [0.3, 0.4) is 0 Å². The SMILES string of the molecule is O=C(c1ccccc1C(O)CO)N1CCCCC1. The van der Waals surface area contributed by atoms with Crippen molar-refractivity contribution in [1.82, 2.24) is 4.90 Å². The Hall–Kier alpha value is -1.39. The topological polar surface area (TPSA) is 60.8 Å². The fourth-order valence-electron chi connectivity index (χ4n) is 2.35. The van der Waals surface area contributed by atoms with Gasteiger partial charge in [-0.1, -0.05) is 18.2 Å². The molecule has 0 bridgehead atoms. The third kappa shape index (κ3) is 2.71. The van der Waals surface area contributed by atoms with Gasteiger partial charge in [-0.05, 0) is 30.9 Å². The van der Waals surface area contributed by atoms with E-state index in [-0.39, 0.29) is 12.5 Å².